The molecule has 7 heteroatoms. The van der Waals surface area contributed by atoms with E-state index in [4.69, 9.17) is 5.73 Å². The second kappa shape index (κ2) is 4.14. The third kappa shape index (κ3) is 3.03. The highest BCUT2D eigenvalue weighted by atomic mass is 32.2. The fraction of sp³-hybridized carbons (Fsp3) is 0.167. The molecule has 1 aromatic rings. The molecule has 0 atom stereocenters. The Morgan fingerprint density at radius 3 is 2.85 bits per heavy atom. The Balaban J connectivity index is 2.74. The van der Waals surface area contributed by atoms with Gasteiger partial charge in [-0.25, -0.2) is 13.1 Å². The van der Waals surface area contributed by atoms with E-state index < -0.39 is 10.0 Å². The minimum atomic E-state index is -3.41. The summed E-state index contributed by atoms with van der Waals surface area (Å²) in [5, 5.41) is 1.69. The number of hydrogen-bond acceptors (Lipinski definition) is 4. The second-order valence-electron chi connectivity index (χ2n) is 2.22. The van der Waals surface area contributed by atoms with E-state index in [0.717, 1.165) is 11.3 Å². The predicted molar refractivity (Wildman–Crippen MR) is 56.3 cm³/mol. The Morgan fingerprint density at radius 2 is 2.38 bits per heavy atom. The zero-order chi connectivity index (χ0) is 9.90. The highest BCUT2D eigenvalue weighted by Gasteiger charge is 2.13. The van der Waals surface area contributed by atoms with Gasteiger partial charge in [-0.1, -0.05) is 18.3 Å². The van der Waals surface area contributed by atoms with Crippen LogP contribution in [0, 0.1) is 0 Å². The lowest BCUT2D eigenvalue weighted by Crippen LogP contribution is -2.31. The van der Waals surface area contributed by atoms with Gasteiger partial charge in [-0.2, -0.15) is 0 Å². The molecule has 0 amide bonds. The first-order valence-corrected chi connectivity index (χ1v) is 6.11. The lowest BCUT2D eigenvalue weighted by molar-refractivity contribution is 0.588. The highest BCUT2D eigenvalue weighted by molar-refractivity contribution is 7.91. The smallest absolute Gasteiger partial charge is 0.250 e. The molecule has 0 aliphatic heterocycles. The summed E-state index contributed by atoms with van der Waals surface area (Å²) in [5.74, 6) is 0. The van der Waals surface area contributed by atoms with E-state index >= 15 is 0 Å². The Bertz CT molecular complexity index is 382. The van der Waals surface area contributed by atoms with Gasteiger partial charge in [0, 0.05) is 0 Å². The first-order chi connectivity index (χ1) is 6.02. The lowest BCUT2D eigenvalue weighted by Gasteiger charge is -2.01. The normalized spacial score (nSPS) is 11.4. The fourth-order valence-corrected chi connectivity index (χ4v) is 2.86. The molecule has 0 aliphatic rings. The SMILES string of the molecule is NC(=S)CNS(=O)(=O)c1cccs1. The molecule has 1 heterocycles. The molecular weight excluding hydrogens is 228 g/mol. The Kier molecular flexibility index (Phi) is 3.37. The molecule has 0 saturated carbocycles. The first kappa shape index (κ1) is 10.6. The molecule has 0 unspecified atom stereocenters. The maximum absolute atomic E-state index is 11.4. The molecule has 3 N–H and O–H groups in total. The van der Waals surface area contributed by atoms with Crippen LogP contribution >= 0.6 is 23.6 Å². The molecule has 0 fully saturated rings. The van der Waals surface area contributed by atoms with E-state index in [1.165, 1.54) is 6.07 Å². The summed E-state index contributed by atoms with van der Waals surface area (Å²) in [6, 6.07) is 3.19. The van der Waals surface area contributed by atoms with E-state index in [1.807, 2.05) is 0 Å². The van der Waals surface area contributed by atoms with Crippen molar-refractivity contribution >= 4 is 38.6 Å². The van der Waals surface area contributed by atoms with Crippen molar-refractivity contribution in [1.29, 1.82) is 0 Å². The number of sulfonamides is 1. The van der Waals surface area contributed by atoms with Crippen molar-refractivity contribution in [2.45, 2.75) is 4.21 Å². The highest BCUT2D eigenvalue weighted by Crippen LogP contribution is 2.14. The van der Waals surface area contributed by atoms with E-state index in [0.29, 0.717) is 0 Å². The minimum Gasteiger partial charge on any atom is -0.392 e. The number of rotatable bonds is 4. The Hall–Kier alpha value is -0.500. The third-order valence-electron chi connectivity index (χ3n) is 1.20. The average molecular weight is 236 g/mol. The van der Waals surface area contributed by atoms with E-state index in [9.17, 15) is 8.42 Å². The molecule has 0 aromatic carbocycles. The number of hydrogen-bond donors (Lipinski definition) is 2. The zero-order valence-electron chi connectivity index (χ0n) is 6.56. The number of nitrogens with two attached hydrogens (primary N) is 1. The molecular formula is C6H8N2O2S3. The first-order valence-electron chi connectivity index (χ1n) is 3.34. The molecule has 4 nitrogen and oxygen atoms in total. The van der Waals surface area contributed by atoms with Crippen LogP contribution in [0.25, 0.3) is 0 Å². The topological polar surface area (TPSA) is 72.2 Å². The second-order valence-corrected chi connectivity index (χ2v) is 5.69. The molecule has 72 valence electrons. The van der Waals surface area contributed by atoms with Crippen molar-refractivity contribution in [2.75, 3.05) is 6.54 Å². The van der Waals surface area contributed by atoms with Crippen LogP contribution in [0.4, 0.5) is 0 Å². The molecule has 13 heavy (non-hydrogen) atoms. The summed E-state index contributed by atoms with van der Waals surface area (Å²) < 4.78 is 25.3. The zero-order valence-corrected chi connectivity index (χ0v) is 9.01. The van der Waals surface area contributed by atoms with Crippen molar-refractivity contribution in [3.8, 4) is 0 Å². The van der Waals surface area contributed by atoms with Crippen LogP contribution < -0.4 is 10.5 Å². The van der Waals surface area contributed by atoms with Gasteiger partial charge < -0.3 is 5.73 Å². The van der Waals surface area contributed by atoms with Gasteiger partial charge in [0.2, 0.25) is 10.0 Å². The number of nitrogens with one attached hydrogen (secondary N) is 1. The summed E-state index contributed by atoms with van der Waals surface area (Å²) >= 11 is 5.69. The standard InChI is InChI=1S/C6H8N2O2S3/c7-5(11)4-8-13(9,10)6-2-1-3-12-6/h1-3,8H,4H2,(H2,7,11). The van der Waals surface area contributed by atoms with Crippen molar-refractivity contribution in [1.82, 2.24) is 4.72 Å². The van der Waals surface area contributed by atoms with Gasteiger partial charge in [-0.15, -0.1) is 11.3 Å². The average Bonchev–Trinajstić information content (AvgIpc) is 2.53. The van der Waals surface area contributed by atoms with Gasteiger partial charge in [0.25, 0.3) is 0 Å². The summed E-state index contributed by atoms with van der Waals surface area (Å²) in [5.41, 5.74) is 5.16. The van der Waals surface area contributed by atoms with Crippen LogP contribution in [0.3, 0.4) is 0 Å². The maximum atomic E-state index is 11.4. The van der Waals surface area contributed by atoms with Gasteiger partial charge in [0.1, 0.15) is 4.21 Å². The van der Waals surface area contributed by atoms with Crippen LogP contribution in [-0.2, 0) is 10.0 Å². The molecule has 0 spiro atoms. The van der Waals surface area contributed by atoms with E-state index in [1.54, 1.807) is 11.4 Å². The quantitative estimate of drug-likeness (QED) is 0.738. The van der Waals surface area contributed by atoms with Gasteiger partial charge in [-0.05, 0) is 11.4 Å². The van der Waals surface area contributed by atoms with Crippen LogP contribution in [0.5, 0.6) is 0 Å². The van der Waals surface area contributed by atoms with E-state index in [-0.39, 0.29) is 15.7 Å². The minimum absolute atomic E-state index is 0.00440. The largest absolute Gasteiger partial charge is 0.392 e. The molecule has 1 rings (SSSR count). The Labute approximate surface area is 85.8 Å². The molecule has 0 bridgehead atoms. The van der Waals surface area contributed by atoms with Crippen LogP contribution in [0.1, 0.15) is 0 Å². The molecule has 1 aromatic heterocycles. The van der Waals surface area contributed by atoms with Gasteiger partial charge >= 0.3 is 0 Å². The lowest BCUT2D eigenvalue weighted by atomic mass is 10.7. The van der Waals surface area contributed by atoms with Crippen molar-refractivity contribution < 1.29 is 8.42 Å². The fourth-order valence-electron chi connectivity index (χ4n) is 0.654. The Morgan fingerprint density at radius 1 is 1.69 bits per heavy atom. The predicted octanol–water partition coefficient (Wildman–Crippen LogP) is 0.312. The number of thiophene rings is 1. The van der Waals surface area contributed by atoms with Crippen molar-refractivity contribution in [3.05, 3.63) is 17.5 Å². The monoisotopic (exact) mass is 236 g/mol. The van der Waals surface area contributed by atoms with Crippen molar-refractivity contribution in [2.24, 2.45) is 5.73 Å². The van der Waals surface area contributed by atoms with Crippen LogP contribution in [-0.4, -0.2) is 20.0 Å². The van der Waals surface area contributed by atoms with Crippen LogP contribution in [0.15, 0.2) is 21.7 Å². The summed E-state index contributed by atoms with van der Waals surface area (Å²) in [6.07, 6.45) is 0. The summed E-state index contributed by atoms with van der Waals surface area (Å²) in [4.78, 5) is 0.125. The van der Waals surface area contributed by atoms with Crippen LogP contribution in [0.2, 0.25) is 0 Å². The van der Waals surface area contributed by atoms with Crippen molar-refractivity contribution in [3.63, 3.8) is 0 Å². The molecule has 0 aliphatic carbocycles. The van der Waals surface area contributed by atoms with Gasteiger partial charge in [-0.3, -0.25) is 0 Å². The van der Waals surface area contributed by atoms with Gasteiger partial charge in [0.05, 0.1) is 11.5 Å². The summed E-state index contributed by atoms with van der Waals surface area (Å²) in [7, 11) is -3.41. The number of thiocarbonyl (C=S) groups is 1. The maximum Gasteiger partial charge on any atom is 0.250 e. The van der Waals surface area contributed by atoms with E-state index in [2.05, 4.69) is 16.9 Å². The molecule has 0 saturated heterocycles. The molecule has 0 radical (unpaired) electrons. The van der Waals surface area contributed by atoms with Gasteiger partial charge in [0.15, 0.2) is 0 Å². The summed E-state index contributed by atoms with van der Waals surface area (Å²) in [6.45, 7) is -0.00440. The third-order valence-corrected chi connectivity index (χ3v) is 4.14.